The maximum atomic E-state index is 5.26. The fourth-order valence-corrected chi connectivity index (χ4v) is 5.88. The van der Waals surface area contributed by atoms with Crippen LogP contribution in [0.4, 0.5) is 0 Å². The Bertz CT molecular complexity index is 2180. The number of hydrogen-bond acceptors (Lipinski definition) is 3. The van der Waals surface area contributed by atoms with E-state index in [9.17, 15) is 0 Å². The van der Waals surface area contributed by atoms with E-state index in [1.54, 1.807) is 0 Å². The highest BCUT2D eigenvalue weighted by Crippen LogP contribution is 2.40. The number of H-pyrrole nitrogens is 1. The lowest BCUT2D eigenvalue weighted by Gasteiger charge is -2.10. The first kappa shape index (κ1) is 19.5. The van der Waals surface area contributed by atoms with Gasteiger partial charge in [0.2, 0.25) is 0 Å². The fraction of sp³-hybridized carbons (Fsp3) is 0.0645. The first-order valence-corrected chi connectivity index (χ1v) is 12.1. The molecule has 0 fully saturated rings. The number of imidazole rings is 1. The van der Waals surface area contributed by atoms with Gasteiger partial charge < -0.3 is 4.98 Å². The number of nitrogens with zero attached hydrogens (tertiary/aromatic N) is 4. The summed E-state index contributed by atoms with van der Waals surface area (Å²) in [5.74, 6) is 0. The number of fused-ring (bicyclic) bond motifs is 12. The summed E-state index contributed by atoms with van der Waals surface area (Å²) in [6.07, 6.45) is 7.52. The van der Waals surface area contributed by atoms with Crippen molar-refractivity contribution in [1.82, 2.24) is 24.3 Å². The summed E-state index contributed by atoms with van der Waals surface area (Å²) in [5.41, 5.74) is 11.2. The molecule has 0 radical (unpaired) electrons. The number of aromatic amines is 1. The van der Waals surface area contributed by atoms with Crippen molar-refractivity contribution in [2.24, 2.45) is 0 Å². The molecule has 170 valence electrons. The van der Waals surface area contributed by atoms with Gasteiger partial charge in [0.15, 0.2) is 0 Å². The molecule has 3 aromatic carbocycles. The highest BCUT2D eigenvalue weighted by atomic mass is 15.0. The fourth-order valence-electron chi connectivity index (χ4n) is 5.88. The lowest BCUT2D eigenvalue weighted by molar-refractivity contribution is 1.27. The number of benzene rings is 3. The van der Waals surface area contributed by atoms with E-state index in [1.807, 2.05) is 30.9 Å². The van der Waals surface area contributed by atoms with E-state index in [0.29, 0.717) is 0 Å². The topological polar surface area (TPSA) is 58.9 Å². The van der Waals surface area contributed by atoms with Crippen molar-refractivity contribution in [1.29, 1.82) is 0 Å². The second-order valence-corrected chi connectivity index (χ2v) is 9.59. The van der Waals surface area contributed by atoms with Gasteiger partial charge in [0.25, 0.3) is 0 Å². The molecule has 0 aliphatic heterocycles. The van der Waals surface area contributed by atoms with Gasteiger partial charge in [0.1, 0.15) is 5.65 Å². The zero-order valence-electron chi connectivity index (χ0n) is 19.9. The Labute approximate surface area is 206 Å². The van der Waals surface area contributed by atoms with Gasteiger partial charge in [0.05, 0.1) is 40.0 Å². The molecule has 8 rings (SSSR count). The van der Waals surface area contributed by atoms with Crippen molar-refractivity contribution in [2.45, 2.75) is 13.8 Å². The highest BCUT2D eigenvalue weighted by Gasteiger charge is 2.18. The van der Waals surface area contributed by atoms with Crippen molar-refractivity contribution >= 4 is 60.2 Å². The molecule has 0 unspecified atom stereocenters. The third kappa shape index (κ3) is 2.46. The molecular weight excluding hydrogens is 442 g/mol. The standard InChI is InChI=1S/C31H21N5/c1-17-5-3-4-6-19(17)23-14-25-24(13-18(23)2)20-7-8-22-29(30(20)34-25)21-9-11-33-16-28(21)36-27-10-12-32-15-26(27)35-31(22)36/h3-16,35H,1-2H3. The summed E-state index contributed by atoms with van der Waals surface area (Å²) in [6, 6.07) is 21.7. The maximum Gasteiger partial charge on any atom is 0.123 e. The summed E-state index contributed by atoms with van der Waals surface area (Å²) in [6.45, 7) is 4.36. The van der Waals surface area contributed by atoms with Crippen LogP contribution in [0.5, 0.6) is 0 Å². The molecule has 0 saturated heterocycles. The van der Waals surface area contributed by atoms with Crippen LogP contribution >= 0.6 is 0 Å². The van der Waals surface area contributed by atoms with Gasteiger partial charge in [-0.25, -0.2) is 4.98 Å². The summed E-state index contributed by atoms with van der Waals surface area (Å²) >= 11 is 0. The van der Waals surface area contributed by atoms with Gasteiger partial charge in [0, 0.05) is 39.3 Å². The largest absolute Gasteiger partial charge is 0.338 e. The van der Waals surface area contributed by atoms with E-state index in [4.69, 9.17) is 4.98 Å². The first-order valence-electron chi connectivity index (χ1n) is 12.1. The van der Waals surface area contributed by atoms with Crippen LogP contribution in [0.25, 0.3) is 71.3 Å². The van der Waals surface area contributed by atoms with E-state index >= 15 is 0 Å². The van der Waals surface area contributed by atoms with Crippen molar-refractivity contribution in [3.05, 3.63) is 96.6 Å². The molecule has 0 atom stereocenters. The van der Waals surface area contributed by atoms with Crippen LogP contribution in [0.2, 0.25) is 0 Å². The van der Waals surface area contributed by atoms with E-state index in [-0.39, 0.29) is 0 Å². The number of nitrogens with one attached hydrogen (secondary N) is 1. The molecule has 0 aliphatic carbocycles. The molecular formula is C31H21N5. The summed E-state index contributed by atoms with van der Waals surface area (Å²) in [5, 5.41) is 5.79. The molecule has 0 spiro atoms. The molecule has 5 nitrogen and oxygen atoms in total. The summed E-state index contributed by atoms with van der Waals surface area (Å²) in [7, 11) is 0. The van der Waals surface area contributed by atoms with E-state index in [2.05, 4.69) is 87.8 Å². The first-order chi connectivity index (χ1) is 17.7. The van der Waals surface area contributed by atoms with Gasteiger partial charge in [-0.1, -0.05) is 30.3 Å². The number of aromatic nitrogens is 5. The Morgan fingerprint density at radius 2 is 1.53 bits per heavy atom. The van der Waals surface area contributed by atoms with Crippen molar-refractivity contribution in [3.8, 4) is 11.1 Å². The number of aryl methyl sites for hydroxylation is 2. The van der Waals surface area contributed by atoms with E-state index in [1.165, 1.54) is 33.0 Å². The number of pyridine rings is 3. The van der Waals surface area contributed by atoms with Crippen LogP contribution < -0.4 is 0 Å². The lowest BCUT2D eigenvalue weighted by Crippen LogP contribution is -1.93. The molecule has 0 amide bonds. The molecule has 5 aromatic heterocycles. The van der Waals surface area contributed by atoms with Gasteiger partial charge in [-0.15, -0.1) is 0 Å². The van der Waals surface area contributed by atoms with Crippen molar-refractivity contribution < 1.29 is 0 Å². The third-order valence-electron chi connectivity index (χ3n) is 7.56. The monoisotopic (exact) mass is 463 g/mol. The van der Waals surface area contributed by atoms with Gasteiger partial charge >= 0.3 is 0 Å². The van der Waals surface area contributed by atoms with Crippen LogP contribution in [-0.4, -0.2) is 24.3 Å². The minimum Gasteiger partial charge on any atom is -0.338 e. The highest BCUT2D eigenvalue weighted by molar-refractivity contribution is 6.27. The zero-order chi connectivity index (χ0) is 24.0. The average molecular weight is 464 g/mol. The normalized spacial score (nSPS) is 12.2. The van der Waals surface area contributed by atoms with E-state index < -0.39 is 0 Å². The number of rotatable bonds is 1. The molecule has 0 saturated carbocycles. The van der Waals surface area contributed by atoms with Crippen LogP contribution in [0.15, 0.2) is 85.5 Å². The van der Waals surface area contributed by atoms with Crippen LogP contribution in [0.3, 0.4) is 0 Å². The van der Waals surface area contributed by atoms with Crippen molar-refractivity contribution in [2.75, 3.05) is 0 Å². The molecule has 36 heavy (non-hydrogen) atoms. The maximum absolute atomic E-state index is 5.26. The average Bonchev–Trinajstić information content (AvgIpc) is 3.47. The second kappa shape index (κ2) is 6.89. The van der Waals surface area contributed by atoms with Crippen LogP contribution in [-0.2, 0) is 0 Å². The Morgan fingerprint density at radius 3 is 2.44 bits per heavy atom. The van der Waals surface area contributed by atoms with Crippen LogP contribution in [0, 0.1) is 13.8 Å². The van der Waals surface area contributed by atoms with Gasteiger partial charge in [-0.3, -0.25) is 14.4 Å². The Balaban J connectivity index is 1.55. The van der Waals surface area contributed by atoms with Crippen LogP contribution in [0.1, 0.15) is 11.1 Å². The summed E-state index contributed by atoms with van der Waals surface area (Å²) < 4.78 is 2.25. The minimum absolute atomic E-state index is 0.995. The molecule has 5 heteroatoms. The Morgan fingerprint density at radius 1 is 0.694 bits per heavy atom. The predicted molar refractivity (Wildman–Crippen MR) is 148 cm³/mol. The second-order valence-electron chi connectivity index (χ2n) is 9.59. The smallest absolute Gasteiger partial charge is 0.123 e. The zero-order valence-corrected chi connectivity index (χ0v) is 19.9. The SMILES string of the molecule is Cc1ccccc1-c1cc2nc3c(ccc4c3c3ccncc3n3c5ccncc5[nH]c43)c2cc1C. The predicted octanol–water partition coefficient (Wildman–Crippen LogP) is 7.50. The molecule has 1 N–H and O–H groups in total. The molecule has 0 aliphatic rings. The Hall–Kier alpha value is -4.77. The quantitative estimate of drug-likeness (QED) is 0.256. The third-order valence-corrected chi connectivity index (χ3v) is 7.56. The number of hydrogen-bond donors (Lipinski definition) is 1. The molecule has 5 heterocycles. The molecule has 0 bridgehead atoms. The van der Waals surface area contributed by atoms with E-state index in [0.717, 1.165) is 49.4 Å². The van der Waals surface area contributed by atoms with Gasteiger partial charge in [-0.05, 0) is 66.4 Å². The minimum atomic E-state index is 0.995. The molecule has 8 aromatic rings. The lowest BCUT2D eigenvalue weighted by atomic mass is 9.95. The summed E-state index contributed by atoms with van der Waals surface area (Å²) in [4.78, 5) is 17.7. The Kier molecular flexibility index (Phi) is 3.74. The van der Waals surface area contributed by atoms with Gasteiger partial charge in [-0.2, -0.15) is 0 Å². The van der Waals surface area contributed by atoms with Crippen molar-refractivity contribution in [3.63, 3.8) is 0 Å².